The van der Waals surface area contributed by atoms with E-state index in [1.807, 2.05) is 0 Å². The van der Waals surface area contributed by atoms with Crippen molar-refractivity contribution in [3.8, 4) is 39.2 Å². The molecule has 2 heterocycles. The normalized spacial score (nSPS) is 11.8. The van der Waals surface area contributed by atoms with E-state index in [9.17, 15) is 0 Å². The Morgan fingerprint density at radius 1 is 0.321 bits per heavy atom. The van der Waals surface area contributed by atoms with E-state index in [-0.39, 0.29) is 0 Å². The maximum atomic E-state index is 5.45. The van der Waals surface area contributed by atoms with E-state index >= 15 is 0 Å². The summed E-state index contributed by atoms with van der Waals surface area (Å²) in [6.45, 7) is 0. The molecule has 0 saturated heterocycles. The zero-order chi connectivity index (χ0) is 34.9. The van der Waals surface area contributed by atoms with Crippen molar-refractivity contribution in [3.63, 3.8) is 0 Å². The third-order valence-corrected chi connectivity index (χ3v) is 10.9. The van der Waals surface area contributed by atoms with Crippen LogP contribution >= 0.6 is 0 Å². The molecule has 0 unspecified atom stereocenters. The molecule has 246 valence electrons. The third kappa shape index (κ3) is 4.77. The minimum atomic E-state index is 1.000. The Hall–Kier alpha value is -7.03. The largest absolute Gasteiger partial charge is 0.309 e. The number of fused-ring (bicyclic) bond motifs is 9. The third-order valence-electron chi connectivity index (χ3n) is 10.9. The Kier molecular flexibility index (Phi) is 6.59. The highest BCUT2D eigenvalue weighted by atomic mass is 15.0. The van der Waals surface area contributed by atoms with Gasteiger partial charge < -0.3 is 4.57 Å². The van der Waals surface area contributed by atoms with E-state index in [0.29, 0.717) is 0 Å². The van der Waals surface area contributed by atoms with Crippen molar-refractivity contribution in [1.29, 1.82) is 0 Å². The van der Waals surface area contributed by atoms with Gasteiger partial charge in [0.2, 0.25) is 0 Å². The van der Waals surface area contributed by atoms with Crippen LogP contribution < -0.4 is 0 Å². The van der Waals surface area contributed by atoms with Gasteiger partial charge in [0.25, 0.3) is 0 Å². The smallest absolute Gasteiger partial charge is 0.0795 e. The number of hydrogen-bond acceptors (Lipinski definition) is 1. The number of hydrogen-bond donors (Lipinski definition) is 0. The second-order valence-electron chi connectivity index (χ2n) is 14.0. The van der Waals surface area contributed by atoms with Gasteiger partial charge in [-0.15, -0.1) is 0 Å². The second kappa shape index (κ2) is 11.8. The number of nitrogens with zero attached hydrogens (tertiary/aromatic N) is 2. The van der Waals surface area contributed by atoms with Gasteiger partial charge in [-0.05, 0) is 104 Å². The molecule has 53 heavy (non-hydrogen) atoms. The Balaban J connectivity index is 1.09. The van der Waals surface area contributed by atoms with Crippen LogP contribution in [0.25, 0.3) is 104 Å². The van der Waals surface area contributed by atoms with Crippen LogP contribution in [0, 0.1) is 0 Å². The molecular formula is C51H32N2. The Labute approximate surface area is 306 Å². The van der Waals surface area contributed by atoms with Gasteiger partial charge in [0.1, 0.15) is 0 Å². The molecule has 0 aliphatic heterocycles. The number of aromatic nitrogens is 2. The molecule has 11 aromatic rings. The average molecular weight is 673 g/mol. The lowest BCUT2D eigenvalue weighted by molar-refractivity contribution is 1.18. The van der Waals surface area contributed by atoms with Crippen LogP contribution in [0.1, 0.15) is 0 Å². The molecule has 2 nitrogen and oxygen atoms in total. The lowest BCUT2D eigenvalue weighted by Crippen LogP contribution is -1.94. The minimum Gasteiger partial charge on any atom is -0.309 e. The molecule has 0 radical (unpaired) electrons. The molecule has 0 amide bonds. The van der Waals surface area contributed by atoms with Crippen molar-refractivity contribution in [2.45, 2.75) is 0 Å². The fourth-order valence-corrected chi connectivity index (χ4v) is 8.39. The first-order valence-corrected chi connectivity index (χ1v) is 18.2. The SMILES string of the molecule is c1ccc(-n2c3ccccc3c3c4c(-c5cccc(-c6ccc7cc(-c8ccc9ccccc9c8)ccc7c6)c5)nc5ccccc5c4ccc32)cc1. The number of pyridine rings is 1. The van der Waals surface area contributed by atoms with E-state index in [1.54, 1.807) is 0 Å². The van der Waals surface area contributed by atoms with Crippen molar-refractivity contribution in [3.05, 3.63) is 194 Å². The second-order valence-corrected chi connectivity index (χ2v) is 14.0. The van der Waals surface area contributed by atoms with Gasteiger partial charge in [-0.25, -0.2) is 4.98 Å². The lowest BCUT2D eigenvalue weighted by atomic mass is 9.93. The lowest BCUT2D eigenvalue weighted by Gasteiger charge is -2.14. The summed E-state index contributed by atoms with van der Waals surface area (Å²) < 4.78 is 2.39. The molecule has 2 heteroatoms. The zero-order valence-corrected chi connectivity index (χ0v) is 28.9. The molecule has 0 saturated carbocycles. The van der Waals surface area contributed by atoms with Crippen LogP contribution in [0.2, 0.25) is 0 Å². The topological polar surface area (TPSA) is 17.8 Å². The fraction of sp³-hybridized carbons (Fsp3) is 0. The van der Waals surface area contributed by atoms with Crippen LogP contribution in [0.5, 0.6) is 0 Å². The van der Waals surface area contributed by atoms with Gasteiger partial charge in [0.15, 0.2) is 0 Å². The molecule has 0 bridgehead atoms. The number of rotatable bonds is 4. The fourth-order valence-electron chi connectivity index (χ4n) is 8.39. The van der Waals surface area contributed by atoms with Crippen LogP contribution in [-0.4, -0.2) is 9.55 Å². The van der Waals surface area contributed by atoms with E-state index in [2.05, 4.69) is 199 Å². The summed E-state index contributed by atoms with van der Waals surface area (Å²) in [4.78, 5) is 5.45. The molecule has 0 spiro atoms. The van der Waals surface area contributed by atoms with Crippen molar-refractivity contribution in [1.82, 2.24) is 9.55 Å². The first-order chi connectivity index (χ1) is 26.3. The quantitative estimate of drug-likeness (QED) is 0.170. The molecule has 11 rings (SSSR count). The predicted octanol–water partition coefficient (Wildman–Crippen LogP) is 13.8. The van der Waals surface area contributed by atoms with Gasteiger partial charge in [-0.3, -0.25) is 0 Å². The van der Waals surface area contributed by atoms with Crippen LogP contribution in [0.4, 0.5) is 0 Å². The van der Waals surface area contributed by atoms with E-state index in [0.717, 1.165) is 22.5 Å². The summed E-state index contributed by atoms with van der Waals surface area (Å²) >= 11 is 0. The summed E-state index contributed by atoms with van der Waals surface area (Å²) in [5, 5.41) is 11.0. The molecule has 0 atom stereocenters. The summed E-state index contributed by atoms with van der Waals surface area (Å²) in [6, 6.07) is 70.4. The van der Waals surface area contributed by atoms with E-state index in [4.69, 9.17) is 4.98 Å². The molecule has 0 fully saturated rings. The van der Waals surface area contributed by atoms with Gasteiger partial charge in [0, 0.05) is 32.8 Å². The van der Waals surface area contributed by atoms with Crippen LogP contribution in [0.3, 0.4) is 0 Å². The van der Waals surface area contributed by atoms with Crippen molar-refractivity contribution in [2.24, 2.45) is 0 Å². The molecule has 9 aromatic carbocycles. The molecule has 0 aliphatic rings. The number of benzene rings is 9. The summed E-state index contributed by atoms with van der Waals surface area (Å²) in [5.41, 5.74) is 11.4. The van der Waals surface area contributed by atoms with E-state index in [1.165, 1.54) is 81.8 Å². The molecule has 0 aliphatic carbocycles. The Morgan fingerprint density at radius 3 is 1.68 bits per heavy atom. The Morgan fingerprint density at radius 2 is 0.906 bits per heavy atom. The van der Waals surface area contributed by atoms with Crippen molar-refractivity contribution in [2.75, 3.05) is 0 Å². The molecular weight excluding hydrogens is 641 g/mol. The monoisotopic (exact) mass is 672 g/mol. The minimum absolute atomic E-state index is 1.000. The van der Waals surface area contributed by atoms with Crippen molar-refractivity contribution >= 4 is 65.0 Å². The van der Waals surface area contributed by atoms with Gasteiger partial charge in [-0.1, -0.05) is 140 Å². The first-order valence-electron chi connectivity index (χ1n) is 18.2. The van der Waals surface area contributed by atoms with E-state index < -0.39 is 0 Å². The maximum Gasteiger partial charge on any atom is 0.0795 e. The highest BCUT2D eigenvalue weighted by Crippen LogP contribution is 2.43. The molecule has 0 N–H and O–H groups in total. The Bertz CT molecular complexity index is 3220. The first kappa shape index (κ1) is 29.7. The van der Waals surface area contributed by atoms with Crippen LogP contribution in [-0.2, 0) is 0 Å². The van der Waals surface area contributed by atoms with Crippen LogP contribution in [0.15, 0.2) is 194 Å². The van der Waals surface area contributed by atoms with Gasteiger partial charge in [-0.2, -0.15) is 0 Å². The standard InChI is InChI=1S/C51H32N2/c1-2-15-42(16-3-1)53-47-20-9-7-18-45(47)49-48(53)28-27-44-43-17-6-8-19-46(43)52-51(50(44)49)41-14-10-13-35(32-41)36-23-24-40-31-39(26-25-38(40)30-36)37-22-21-33-11-4-5-12-34(33)29-37/h1-32H. The maximum absolute atomic E-state index is 5.45. The predicted molar refractivity (Wildman–Crippen MR) is 225 cm³/mol. The molecule has 2 aromatic heterocycles. The highest BCUT2D eigenvalue weighted by Gasteiger charge is 2.20. The zero-order valence-electron chi connectivity index (χ0n) is 28.9. The highest BCUT2D eigenvalue weighted by molar-refractivity contribution is 6.28. The van der Waals surface area contributed by atoms with Gasteiger partial charge in [0.05, 0.1) is 22.2 Å². The van der Waals surface area contributed by atoms with Gasteiger partial charge >= 0.3 is 0 Å². The average Bonchev–Trinajstić information content (AvgIpc) is 3.58. The summed E-state index contributed by atoms with van der Waals surface area (Å²) in [6.07, 6.45) is 0. The summed E-state index contributed by atoms with van der Waals surface area (Å²) in [7, 11) is 0. The number of para-hydroxylation sites is 3. The van der Waals surface area contributed by atoms with Crippen molar-refractivity contribution < 1.29 is 0 Å². The summed E-state index contributed by atoms with van der Waals surface area (Å²) in [5.74, 6) is 0.